The third-order valence-electron chi connectivity index (χ3n) is 9.40. The molecule has 0 aromatic carbocycles. The molecule has 56 heavy (non-hydrogen) atoms. The molecule has 0 spiro atoms. The predicted molar refractivity (Wildman–Crippen MR) is 242 cm³/mol. The lowest BCUT2D eigenvalue weighted by Crippen LogP contribution is -2.30. The van der Waals surface area contributed by atoms with Gasteiger partial charge in [-0.1, -0.05) is 176 Å². The topological polar surface area (TPSA) is 61.8 Å². The van der Waals surface area contributed by atoms with Gasteiger partial charge in [-0.25, -0.2) is 0 Å². The molecule has 0 aliphatic heterocycles. The molecule has 0 aromatic heterocycles. The van der Waals surface area contributed by atoms with Crippen molar-refractivity contribution in [2.45, 2.75) is 207 Å². The molecule has 0 rings (SSSR count). The Morgan fingerprint density at radius 1 is 0.411 bits per heavy atom. The molecule has 0 heterocycles. The number of esters is 2. The van der Waals surface area contributed by atoms with E-state index in [1.807, 2.05) is 0 Å². The first-order chi connectivity index (χ1) is 27.6. The van der Waals surface area contributed by atoms with Gasteiger partial charge in [-0.15, -0.1) is 0 Å². The van der Waals surface area contributed by atoms with Crippen LogP contribution < -0.4 is 0 Å². The van der Waals surface area contributed by atoms with Crippen LogP contribution in [0.4, 0.5) is 0 Å². The van der Waals surface area contributed by atoms with E-state index in [0.29, 0.717) is 19.4 Å². The van der Waals surface area contributed by atoms with Crippen LogP contribution in [0.3, 0.4) is 0 Å². The molecule has 0 aromatic rings. The zero-order valence-electron chi connectivity index (χ0n) is 36.6. The highest BCUT2D eigenvalue weighted by Crippen LogP contribution is 2.12. The summed E-state index contributed by atoms with van der Waals surface area (Å²) >= 11 is 0. The van der Waals surface area contributed by atoms with Gasteiger partial charge in [0.25, 0.3) is 0 Å². The fraction of sp³-hybridized carbons (Fsp3) is 0.686. The molecule has 0 saturated carbocycles. The van der Waals surface area contributed by atoms with Gasteiger partial charge in [0.05, 0.1) is 13.2 Å². The van der Waals surface area contributed by atoms with Crippen LogP contribution in [0, 0.1) is 0 Å². The molecule has 0 saturated heterocycles. The average Bonchev–Trinajstić information content (AvgIpc) is 3.20. The van der Waals surface area contributed by atoms with E-state index in [2.05, 4.69) is 106 Å². The van der Waals surface area contributed by atoms with Crippen LogP contribution in [0.2, 0.25) is 0 Å². The Labute approximate surface area is 346 Å². The smallest absolute Gasteiger partial charge is 0.306 e. The number of allylic oxidation sites excluding steroid dienone is 13. The molecule has 0 radical (unpaired) electrons. The number of rotatable bonds is 41. The van der Waals surface area contributed by atoms with Crippen molar-refractivity contribution in [1.82, 2.24) is 0 Å². The normalized spacial score (nSPS) is 13.0. The van der Waals surface area contributed by atoms with Crippen molar-refractivity contribution in [3.8, 4) is 0 Å². The van der Waals surface area contributed by atoms with Crippen molar-refractivity contribution in [2.24, 2.45) is 0 Å². The van der Waals surface area contributed by atoms with Crippen molar-refractivity contribution < 1.29 is 23.8 Å². The molecule has 0 fully saturated rings. The number of unbranched alkanes of at least 4 members (excludes halogenated alkanes) is 16. The lowest BCUT2D eigenvalue weighted by Gasteiger charge is -2.18. The van der Waals surface area contributed by atoms with Crippen LogP contribution in [-0.4, -0.2) is 37.9 Å². The van der Waals surface area contributed by atoms with E-state index in [1.54, 1.807) is 0 Å². The number of ether oxygens (including phenoxy) is 3. The summed E-state index contributed by atoms with van der Waals surface area (Å²) in [6.45, 7) is 7.42. The zero-order chi connectivity index (χ0) is 40.7. The summed E-state index contributed by atoms with van der Waals surface area (Å²) < 4.78 is 17.2. The fourth-order valence-corrected chi connectivity index (χ4v) is 5.96. The summed E-state index contributed by atoms with van der Waals surface area (Å²) in [6, 6.07) is 0. The number of hydrogen-bond acceptors (Lipinski definition) is 5. The van der Waals surface area contributed by atoms with E-state index >= 15 is 0 Å². The molecular weight excluding hydrogens is 693 g/mol. The van der Waals surface area contributed by atoms with Crippen LogP contribution in [0.25, 0.3) is 0 Å². The monoisotopic (exact) mass is 779 g/mol. The van der Waals surface area contributed by atoms with Crippen molar-refractivity contribution in [3.05, 3.63) is 85.1 Å². The van der Waals surface area contributed by atoms with Crippen LogP contribution in [-0.2, 0) is 23.8 Å². The van der Waals surface area contributed by atoms with Crippen molar-refractivity contribution in [2.75, 3.05) is 19.8 Å². The van der Waals surface area contributed by atoms with E-state index in [-0.39, 0.29) is 25.2 Å². The minimum Gasteiger partial charge on any atom is -0.462 e. The number of carbonyl (C=O) groups excluding carboxylic acids is 2. The van der Waals surface area contributed by atoms with E-state index in [0.717, 1.165) is 89.9 Å². The lowest BCUT2D eigenvalue weighted by molar-refractivity contribution is -0.162. The molecule has 0 amide bonds. The van der Waals surface area contributed by atoms with E-state index < -0.39 is 6.10 Å². The molecule has 320 valence electrons. The quantitative estimate of drug-likeness (QED) is 0.0351. The van der Waals surface area contributed by atoms with Crippen molar-refractivity contribution in [1.29, 1.82) is 0 Å². The molecule has 0 aliphatic rings. The van der Waals surface area contributed by atoms with Gasteiger partial charge in [0.1, 0.15) is 6.61 Å². The summed E-state index contributed by atoms with van der Waals surface area (Å²) in [5, 5.41) is 0. The molecule has 1 atom stereocenters. The molecule has 1 unspecified atom stereocenters. The Morgan fingerprint density at radius 3 is 1.34 bits per heavy atom. The van der Waals surface area contributed by atoms with Gasteiger partial charge in [-0.3, -0.25) is 9.59 Å². The van der Waals surface area contributed by atoms with Gasteiger partial charge in [-0.2, -0.15) is 0 Å². The maximum Gasteiger partial charge on any atom is 0.306 e. The van der Waals surface area contributed by atoms with Crippen molar-refractivity contribution >= 4 is 11.9 Å². The Morgan fingerprint density at radius 2 is 0.821 bits per heavy atom. The Kier molecular flexibility index (Phi) is 44.0. The summed E-state index contributed by atoms with van der Waals surface area (Å²) in [5.74, 6) is -0.464. The summed E-state index contributed by atoms with van der Waals surface area (Å²) in [4.78, 5) is 25.2. The third-order valence-corrected chi connectivity index (χ3v) is 9.40. The first-order valence-corrected chi connectivity index (χ1v) is 23.1. The minimum absolute atomic E-state index is 0.0444. The maximum absolute atomic E-state index is 12.7. The molecule has 0 aliphatic carbocycles. The second-order valence-electron chi connectivity index (χ2n) is 14.9. The SMILES string of the molecule is CC/C=C\C/C=C\C/C=C\C/C=C\C/C=C\CCOCC(COC(=O)CCCCCCC/C=C\CCCCCC)OC(=O)CCCCCCC/C=C\CCCC. The second-order valence-corrected chi connectivity index (χ2v) is 14.9. The van der Waals surface area contributed by atoms with Gasteiger partial charge in [0.2, 0.25) is 0 Å². The van der Waals surface area contributed by atoms with E-state index in [1.165, 1.54) is 77.0 Å². The Hall–Kier alpha value is -2.92. The van der Waals surface area contributed by atoms with Gasteiger partial charge in [0.15, 0.2) is 6.10 Å². The first-order valence-electron chi connectivity index (χ1n) is 23.1. The molecule has 5 heteroatoms. The standard InChI is InChI=1S/C51H86O5/c1-4-7-10-13-16-19-22-24-25-26-28-31-34-37-40-43-46-54-47-49(56-51(53)45-42-39-36-33-29-21-18-15-12-9-6-3)48-55-50(52)44-41-38-35-32-30-27-23-20-17-14-11-8-5-2/h7,10,15-16,18-20,23-25,28,31,37,40,49H,4-6,8-9,11-14,17,21-22,26-27,29-30,32-36,38-39,41-48H2,1-3H3/b10-7-,18-15-,19-16-,23-20-,25-24-,31-28-,40-37-. The zero-order valence-corrected chi connectivity index (χ0v) is 36.6. The lowest BCUT2D eigenvalue weighted by atomic mass is 10.1. The highest BCUT2D eigenvalue weighted by molar-refractivity contribution is 5.70. The molecule has 5 nitrogen and oxygen atoms in total. The van der Waals surface area contributed by atoms with Gasteiger partial charge < -0.3 is 14.2 Å². The van der Waals surface area contributed by atoms with E-state index in [4.69, 9.17) is 14.2 Å². The van der Waals surface area contributed by atoms with Gasteiger partial charge in [-0.05, 0) is 96.3 Å². The second kappa shape index (κ2) is 46.5. The first kappa shape index (κ1) is 53.1. The summed E-state index contributed by atoms with van der Waals surface area (Å²) in [7, 11) is 0. The average molecular weight is 779 g/mol. The molecule has 0 bridgehead atoms. The minimum atomic E-state index is -0.584. The maximum atomic E-state index is 12.7. The van der Waals surface area contributed by atoms with Crippen molar-refractivity contribution in [3.63, 3.8) is 0 Å². The number of carbonyl (C=O) groups is 2. The van der Waals surface area contributed by atoms with Crippen LogP contribution in [0.5, 0.6) is 0 Å². The van der Waals surface area contributed by atoms with Crippen LogP contribution >= 0.6 is 0 Å². The fourth-order valence-electron chi connectivity index (χ4n) is 5.96. The third kappa shape index (κ3) is 43.8. The highest BCUT2D eigenvalue weighted by atomic mass is 16.6. The van der Waals surface area contributed by atoms with Gasteiger partial charge in [0, 0.05) is 12.8 Å². The molecular formula is C51H86O5. The van der Waals surface area contributed by atoms with Crippen LogP contribution in [0.1, 0.15) is 201 Å². The highest BCUT2D eigenvalue weighted by Gasteiger charge is 2.17. The summed E-state index contributed by atoms with van der Waals surface area (Å²) in [6.07, 6.45) is 60.3. The van der Waals surface area contributed by atoms with E-state index in [9.17, 15) is 9.59 Å². The summed E-state index contributed by atoms with van der Waals surface area (Å²) in [5.41, 5.74) is 0. The largest absolute Gasteiger partial charge is 0.462 e. The molecule has 0 N–H and O–H groups in total. The Bertz CT molecular complexity index is 1060. The van der Waals surface area contributed by atoms with Gasteiger partial charge >= 0.3 is 11.9 Å². The predicted octanol–water partition coefficient (Wildman–Crippen LogP) is 15.3. The Balaban J connectivity index is 4.41. The number of hydrogen-bond donors (Lipinski definition) is 0. The van der Waals surface area contributed by atoms with Crippen LogP contribution in [0.15, 0.2) is 85.1 Å².